The number of amides is 1. The van der Waals surface area contributed by atoms with E-state index in [1.807, 2.05) is 20.8 Å². The molecule has 0 aliphatic carbocycles. The summed E-state index contributed by atoms with van der Waals surface area (Å²) in [4.78, 5) is 12.7. The van der Waals surface area contributed by atoms with E-state index in [0.717, 1.165) is 4.90 Å². The molecule has 22 heavy (non-hydrogen) atoms. The third kappa shape index (κ3) is 3.41. The smallest absolute Gasteiger partial charge is 0.412 e. The molecule has 0 saturated carbocycles. The molecule has 0 aromatic heterocycles. The monoisotopic (exact) mass is 370 g/mol. The maximum Gasteiger partial charge on any atom is 0.412 e. The van der Waals surface area contributed by atoms with Gasteiger partial charge in [0.2, 0.25) is 0 Å². The van der Waals surface area contributed by atoms with Crippen LogP contribution >= 0.6 is 15.9 Å². The van der Waals surface area contributed by atoms with E-state index in [2.05, 4.69) is 15.9 Å². The lowest BCUT2D eigenvalue weighted by atomic mass is 9.85. The molecular weight excluding hydrogens is 351 g/mol. The number of rotatable bonds is 1. The van der Waals surface area contributed by atoms with Crippen LogP contribution in [0.5, 0.6) is 0 Å². The molecule has 0 aliphatic heterocycles. The second kappa shape index (κ2) is 5.88. The van der Waals surface area contributed by atoms with Gasteiger partial charge in [0.1, 0.15) is 11.6 Å². The molecule has 1 rings (SSSR count). The fraction of sp³-hybridized carbons (Fsp3) is 0.500. The van der Waals surface area contributed by atoms with Crippen molar-refractivity contribution in [2.45, 2.75) is 52.5 Å². The Morgan fingerprint density at radius 1 is 1.32 bits per heavy atom. The Hall–Kier alpha value is -1.61. The maximum atomic E-state index is 14.6. The molecule has 0 unspecified atom stereocenters. The van der Waals surface area contributed by atoms with Crippen LogP contribution in [0.2, 0.25) is 0 Å². The highest BCUT2D eigenvalue weighted by molar-refractivity contribution is 9.10. The van der Waals surface area contributed by atoms with Crippen molar-refractivity contribution in [2.75, 3.05) is 4.90 Å². The Bertz CT molecular complexity index is 652. The minimum Gasteiger partial charge on any atom is -0.465 e. The lowest BCUT2D eigenvalue weighted by Gasteiger charge is -2.35. The highest BCUT2D eigenvalue weighted by Crippen LogP contribution is 2.39. The number of anilines is 1. The molecule has 1 aromatic carbocycles. The molecule has 0 fully saturated rings. The first-order valence-electron chi connectivity index (χ1n) is 6.78. The van der Waals surface area contributed by atoms with Gasteiger partial charge in [0, 0.05) is 5.54 Å². The lowest BCUT2D eigenvalue weighted by Crippen LogP contribution is -2.45. The molecule has 6 heteroatoms. The van der Waals surface area contributed by atoms with Crippen LogP contribution in [-0.2, 0) is 5.41 Å². The van der Waals surface area contributed by atoms with Gasteiger partial charge in [-0.2, -0.15) is 5.26 Å². The largest absolute Gasteiger partial charge is 0.465 e. The Labute approximate surface area is 138 Å². The summed E-state index contributed by atoms with van der Waals surface area (Å²) in [6.45, 7) is 10.8. The number of benzene rings is 1. The fourth-order valence-electron chi connectivity index (χ4n) is 2.19. The third-order valence-electron chi connectivity index (χ3n) is 3.21. The predicted octanol–water partition coefficient (Wildman–Crippen LogP) is 5.04. The maximum absolute atomic E-state index is 14.6. The predicted molar refractivity (Wildman–Crippen MR) is 87.8 cm³/mol. The summed E-state index contributed by atoms with van der Waals surface area (Å²) in [5, 5.41) is 18.8. The summed E-state index contributed by atoms with van der Waals surface area (Å²) in [5.41, 5.74) is -0.836. The number of nitrogens with zero attached hydrogens (tertiary/aromatic N) is 2. The molecule has 0 bridgehead atoms. The molecular formula is C16H20BrFN2O2. The van der Waals surface area contributed by atoms with Crippen LogP contribution in [0.1, 0.15) is 52.7 Å². The van der Waals surface area contributed by atoms with Crippen molar-refractivity contribution >= 4 is 27.7 Å². The van der Waals surface area contributed by atoms with Crippen molar-refractivity contribution in [2.24, 2.45) is 0 Å². The number of hydrogen-bond donors (Lipinski definition) is 1. The Kier molecular flexibility index (Phi) is 4.93. The second-order valence-corrected chi connectivity index (χ2v) is 7.89. The Morgan fingerprint density at radius 2 is 1.82 bits per heavy atom. The molecule has 0 heterocycles. The van der Waals surface area contributed by atoms with E-state index in [1.165, 1.54) is 0 Å². The molecule has 0 saturated heterocycles. The van der Waals surface area contributed by atoms with E-state index in [-0.39, 0.29) is 15.7 Å². The zero-order valence-electron chi connectivity index (χ0n) is 13.6. The Morgan fingerprint density at radius 3 is 2.14 bits per heavy atom. The highest BCUT2D eigenvalue weighted by atomic mass is 79.9. The van der Waals surface area contributed by atoms with E-state index < -0.39 is 22.9 Å². The van der Waals surface area contributed by atoms with Crippen molar-refractivity contribution in [3.63, 3.8) is 0 Å². The third-order valence-corrected chi connectivity index (χ3v) is 3.98. The topological polar surface area (TPSA) is 64.3 Å². The van der Waals surface area contributed by atoms with Crippen molar-refractivity contribution in [3.8, 4) is 6.07 Å². The van der Waals surface area contributed by atoms with Gasteiger partial charge in [0.05, 0.1) is 10.2 Å². The van der Waals surface area contributed by atoms with E-state index in [1.54, 1.807) is 32.9 Å². The van der Waals surface area contributed by atoms with Crippen LogP contribution in [-0.4, -0.2) is 16.7 Å². The summed E-state index contributed by atoms with van der Waals surface area (Å²) in [6, 6.07) is 3.36. The van der Waals surface area contributed by atoms with E-state index in [4.69, 9.17) is 0 Å². The minimum absolute atomic E-state index is 0.0631. The number of halogens is 2. The SMILES string of the molecule is CC(C)(C)c1cc(N(C(=O)O)C(C)(C)C)c(C#N)c(F)c1Br. The normalized spacial score (nSPS) is 12.0. The Balaban J connectivity index is 3.84. The first kappa shape index (κ1) is 18.4. The van der Waals surface area contributed by atoms with Gasteiger partial charge in [0.25, 0.3) is 0 Å². The standard InChI is InChI=1S/C16H20BrFN2O2/c1-15(2,3)10-7-11(9(8-19)13(18)12(10)17)20(14(21)22)16(4,5)6/h7H,1-6H3,(H,21,22). The number of carboxylic acid groups (broad SMARTS) is 1. The first-order chi connectivity index (χ1) is 9.82. The van der Waals surface area contributed by atoms with Crippen LogP contribution in [0, 0.1) is 17.1 Å². The lowest BCUT2D eigenvalue weighted by molar-refractivity contribution is 0.195. The van der Waals surface area contributed by atoms with Crippen molar-refractivity contribution in [3.05, 3.63) is 27.5 Å². The van der Waals surface area contributed by atoms with Crippen molar-refractivity contribution in [1.29, 1.82) is 5.26 Å². The van der Waals surface area contributed by atoms with Gasteiger partial charge in [0.15, 0.2) is 5.82 Å². The van der Waals surface area contributed by atoms with Crippen LogP contribution in [0.25, 0.3) is 0 Å². The first-order valence-corrected chi connectivity index (χ1v) is 7.57. The number of hydrogen-bond acceptors (Lipinski definition) is 2. The molecule has 0 atom stereocenters. The number of carbonyl (C=O) groups is 1. The molecule has 0 radical (unpaired) electrons. The molecule has 0 spiro atoms. The van der Waals surface area contributed by atoms with Gasteiger partial charge in [-0.25, -0.2) is 9.18 Å². The summed E-state index contributed by atoms with van der Waals surface area (Å²) < 4.78 is 14.8. The van der Waals surface area contributed by atoms with Crippen LogP contribution in [0.4, 0.5) is 14.9 Å². The summed E-state index contributed by atoms with van der Waals surface area (Å²) in [6.07, 6.45) is -1.23. The molecule has 1 N–H and O–H groups in total. The van der Waals surface area contributed by atoms with Crippen molar-refractivity contribution < 1.29 is 14.3 Å². The molecule has 1 amide bonds. The van der Waals surface area contributed by atoms with Gasteiger partial charge in [-0.3, -0.25) is 4.90 Å². The molecule has 0 aliphatic rings. The average molecular weight is 371 g/mol. The average Bonchev–Trinajstić information content (AvgIpc) is 2.30. The summed E-state index contributed by atoms with van der Waals surface area (Å²) in [7, 11) is 0. The fourth-order valence-corrected chi connectivity index (χ4v) is 3.10. The summed E-state index contributed by atoms with van der Waals surface area (Å²) in [5.74, 6) is -0.736. The van der Waals surface area contributed by atoms with Gasteiger partial charge in [-0.15, -0.1) is 0 Å². The number of nitriles is 1. The molecule has 4 nitrogen and oxygen atoms in total. The van der Waals surface area contributed by atoms with Crippen LogP contribution in [0.3, 0.4) is 0 Å². The van der Waals surface area contributed by atoms with Gasteiger partial charge >= 0.3 is 6.09 Å². The zero-order valence-corrected chi connectivity index (χ0v) is 15.2. The zero-order chi connectivity index (χ0) is 17.5. The van der Waals surface area contributed by atoms with Gasteiger partial charge < -0.3 is 5.11 Å². The minimum atomic E-state index is -1.23. The van der Waals surface area contributed by atoms with E-state index >= 15 is 0 Å². The van der Waals surface area contributed by atoms with Crippen molar-refractivity contribution in [1.82, 2.24) is 0 Å². The molecule has 120 valence electrons. The highest BCUT2D eigenvalue weighted by Gasteiger charge is 2.33. The molecule has 1 aromatic rings. The van der Waals surface area contributed by atoms with E-state index in [0.29, 0.717) is 5.56 Å². The van der Waals surface area contributed by atoms with Crippen LogP contribution in [0.15, 0.2) is 10.5 Å². The summed E-state index contributed by atoms with van der Waals surface area (Å²) >= 11 is 3.19. The van der Waals surface area contributed by atoms with Gasteiger partial charge in [-0.1, -0.05) is 20.8 Å². The van der Waals surface area contributed by atoms with E-state index in [9.17, 15) is 19.6 Å². The second-order valence-electron chi connectivity index (χ2n) is 7.10. The quantitative estimate of drug-likeness (QED) is 0.752. The van der Waals surface area contributed by atoms with Gasteiger partial charge in [-0.05, 0) is 53.7 Å². The van der Waals surface area contributed by atoms with Crippen LogP contribution < -0.4 is 4.90 Å².